The summed E-state index contributed by atoms with van der Waals surface area (Å²) in [6, 6.07) is 17.6. The summed E-state index contributed by atoms with van der Waals surface area (Å²) in [5.41, 5.74) is 2.47. The normalized spacial score (nSPS) is 19.6. The Morgan fingerprint density at radius 3 is 2.46 bits per heavy atom. The average Bonchev–Trinajstić information content (AvgIpc) is 3.19. The van der Waals surface area contributed by atoms with E-state index in [9.17, 15) is 9.59 Å². The molecular formula is C23H27N3O2. The molecule has 146 valence electrons. The van der Waals surface area contributed by atoms with Crippen molar-refractivity contribution in [3.8, 4) is 0 Å². The molecule has 2 amide bonds. The molecule has 28 heavy (non-hydrogen) atoms. The maximum Gasteiger partial charge on any atom is 0.258 e. The van der Waals surface area contributed by atoms with Gasteiger partial charge in [-0.25, -0.2) is 0 Å². The molecule has 0 aromatic heterocycles. The number of carbonyl (C=O) groups is 2. The van der Waals surface area contributed by atoms with Crippen LogP contribution in [-0.4, -0.2) is 37.5 Å². The highest BCUT2D eigenvalue weighted by atomic mass is 16.2. The third kappa shape index (κ3) is 4.09. The highest BCUT2D eigenvalue weighted by Crippen LogP contribution is 2.26. The quantitative estimate of drug-likeness (QED) is 0.866. The number of rotatable bonds is 5. The molecule has 2 saturated heterocycles. The van der Waals surface area contributed by atoms with Gasteiger partial charge in [0.2, 0.25) is 5.91 Å². The van der Waals surface area contributed by atoms with Gasteiger partial charge in [-0.2, -0.15) is 0 Å². The molecule has 2 heterocycles. The molecule has 2 aromatic rings. The van der Waals surface area contributed by atoms with E-state index in [4.69, 9.17) is 0 Å². The van der Waals surface area contributed by atoms with Crippen LogP contribution in [0, 0.1) is 0 Å². The molecule has 2 aliphatic heterocycles. The first-order chi connectivity index (χ1) is 13.7. The molecule has 0 spiro atoms. The summed E-state index contributed by atoms with van der Waals surface area (Å²) in [5, 5.41) is 3.54. The summed E-state index contributed by atoms with van der Waals surface area (Å²) in [5.74, 6) is 0.189. The first-order valence-electron chi connectivity index (χ1n) is 10.2. The lowest BCUT2D eigenvalue weighted by atomic mass is 10.0. The molecular weight excluding hydrogens is 350 g/mol. The number of amides is 2. The molecule has 0 radical (unpaired) electrons. The predicted molar refractivity (Wildman–Crippen MR) is 112 cm³/mol. The Balaban J connectivity index is 1.58. The third-order valence-electron chi connectivity index (χ3n) is 5.63. The summed E-state index contributed by atoms with van der Waals surface area (Å²) >= 11 is 0. The fourth-order valence-electron chi connectivity index (χ4n) is 4.08. The van der Waals surface area contributed by atoms with Crippen LogP contribution >= 0.6 is 0 Å². The number of carbonyl (C=O) groups excluding carboxylic acids is 2. The van der Waals surface area contributed by atoms with Crippen molar-refractivity contribution in [1.82, 2.24) is 5.32 Å². The Morgan fingerprint density at radius 1 is 1.04 bits per heavy atom. The lowest BCUT2D eigenvalue weighted by molar-refractivity contribution is -0.117. The van der Waals surface area contributed by atoms with Crippen molar-refractivity contribution in [2.24, 2.45) is 0 Å². The summed E-state index contributed by atoms with van der Waals surface area (Å²) in [6.07, 6.45) is 5.00. The van der Waals surface area contributed by atoms with Crippen LogP contribution in [0.25, 0.3) is 0 Å². The maximum absolute atomic E-state index is 13.2. The van der Waals surface area contributed by atoms with Gasteiger partial charge in [-0.3, -0.25) is 9.59 Å². The van der Waals surface area contributed by atoms with E-state index in [1.165, 1.54) is 12.8 Å². The van der Waals surface area contributed by atoms with Crippen molar-refractivity contribution >= 4 is 23.2 Å². The van der Waals surface area contributed by atoms with Gasteiger partial charge in [-0.15, -0.1) is 0 Å². The average molecular weight is 377 g/mol. The van der Waals surface area contributed by atoms with Crippen molar-refractivity contribution < 1.29 is 9.59 Å². The van der Waals surface area contributed by atoms with Crippen LogP contribution in [0.15, 0.2) is 54.6 Å². The zero-order valence-electron chi connectivity index (χ0n) is 16.1. The smallest absolute Gasteiger partial charge is 0.258 e. The van der Waals surface area contributed by atoms with E-state index in [1.54, 1.807) is 0 Å². The van der Waals surface area contributed by atoms with Crippen LogP contribution in [0.1, 0.15) is 42.5 Å². The van der Waals surface area contributed by atoms with Crippen LogP contribution in [0.2, 0.25) is 0 Å². The van der Waals surface area contributed by atoms with E-state index < -0.39 is 0 Å². The van der Waals surface area contributed by atoms with Crippen molar-refractivity contribution in [3.05, 3.63) is 60.2 Å². The van der Waals surface area contributed by atoms with Crippen molar-refractivity contribution in [2.75, 3.05) is 29.4 Å². The minimum Gasteiger partial charge on any atom is -0.312 e. The van der Waals surface area contributed by atoms with Gasteiger partial charge in [0.1, 0.15) is 0 Å². The molecule has 0 saturated carbocycles. The molecule has 2 aromatic carbocycles. The van der Waals surface area contributed by atoms with E-state index in [0.29, 0.717) is 24.6 Å². The minimum atomic E-state index is 0.0120. The van der Waals surface area contributed by atoms with Gasteiger partial charge in [0.25, 0.3) is 5.91 Å². The van der Waals surface area contributed by atoms with Crippen LogP contribution in [0.4, 0.5) is 11.4 Å². The zero-order valence-corrected chi connectivity index (χ0v) is 16.1. The van der Waals surface area contributed by atoms with Crippen LogP contribution in [0.3, 0.4) is 0 Å². The third-order valence-corrected chi connectivity index (χ3v) is 5.63. The van der Waals surface area contributed by atoms with Gasteiger partial charge < -0.3 is 15.1 Å². The summed E-state index contributed by atoms with van der Waals surface area (Å²) < 4.78 is 0. The van der Waals surface area contributed by atoms with Crippen molar-refractivity contribution in [2.45, 2.75) is 38.1 Å². The Bertz CT molecular complexity index is 814. The van der Waals surface area contributed by atoms with E-state index in [-0.39, 0.29) is 11.8 Å². The zero-order chi connectivity index (χ0) is 19.3. The second-order valence-electron chi connectivity index (χ2n) is 7.59. The molecule has 4 rings (SSSR count). The molecule has 1 N–H and O–H groups in total. The van der Waals surface area contributed by atoms with E-state index in [0.717, 1.165) is 37.3 Å². The van der Waals surface area contributed by atoms with Crippen molar-refractivity contribution in [1.29, 1.82) is 0 Å². The Kier molecular flexibility index (Phi) is 5.72. The standard InChI is InChI=1S/C23H27N3O2/c27-22-10-6-16-25(22)20-11-13-21(14-12-20)26(17-19-9-4-5-15-24-19)23(28)18-7-2-1-3-8-18/h1-3,7-8,11-14,19,24H,4-6,9-10,15-17H2. The number of anilines is 2. The van der Waals surface area contributed by atoms with Crippen LogP contribution in [-0.2, 0) is 4.79 Å². The molecule has 1 unspecified atom stereocenters. The van der Waals surface area contributed by atoms with Gasteiger partial charge in [-0.05, 0) is 62.2 Å². The number of benzene rings is 2. The molecule has 5 heteroatoms. The SMILES string of the molecule is O=C1CCCN1c1ccc(N(CC2CCCCN2)C(=O)c2ccccc2)cc1. The fourth-order valence-corrected chi connectivity index (χ4v) is 4.08. The van der Waals surface area contributed by atoms with Gasteiger partial charge in [0.05, 0.1) is 0 Å². The molecule has 0 bridgehead atoms. The van der Waals surface area contributed by atoms with Gasteiger partial charge in [0, 0.05) is 42.5 Å². The Labute approximate surface area is 166 Å². The number of hydrogen-bond donors (Lipinski definition) is 1. The molecule has 1 atom stereocenters. The van der Waals surface area contributed by atoms with E-state index in [2.05, 4.69) is 5.32 Å². The topological polar surface area (TPSA) is 52.7 Å². The van der Waals surface area contributed by atoms with Crippen molar-refractivity contribution in [3.63, 3.8) is 0 Å². The molecule has 0 aliphatic carbocycles. The Morgan fingerprint density at radius 2 is 1.82 bits per heavy atom. The number of nitrogens with zero attached hydrogens (tertiary/aromatic N) is 2. The highest BCUT2D eigenvalue weighted by Gasteiger charge is 2.25. The van der Waals surface area contributed by atoms with Crippen LogP contribution in [0.5, 0.6) is 0 Å². The highest BCUT2D eigenvalue weighted by molar-refractivity contribution is 6.06. The number of nitrogens with one attached hydrogen (secondary N) is 1. The maximum atomic E-state index is 13.2. The number of hydrogen-bond acceptors (Lipinski definition) is 3. The first-order valence-corrected chi connectivity index (χ1v) is 10.2. The second-order valence-corrected chi connectivity index (χ2v) is 7.59. The lowest BCUT2D eigenvalue weighted by Crippen LogP contribution is -2.46. The molecule has 2 aliphatic rings. The summed E-state index contributed by atoms with van der Waals surface area (Å²) in [7, 11) is 0. The molecule has 5 nitrogen and oxygen atoms in total. The fraction of sp³-hybridized carbons (Fsp3) is 0.391. The minimum absolute atomic E-state index is 0.0120. The monoisotopic (exact) mass is 377 g/mol. The second kappa shape index (κ2) is 8.57. The Hall–Kier alpha value is -2.66. The molecule has 2 fully saturated rings. The van der Waals surface area contributed by atoms with E-state index >= 15 is 0 Å². The summed E-state index contributed by atoms with van der Waals surface area (Å²) in [6.45, 7) is 2.43. The van der Waals surface area contributed by atoms with Gasteiger partial charge >= 0.3 is 0 Å². The predicted octanol–water partition coefficient (Wildman–Crippen LogP) is 3.60. The van der Waals surface area contributed by atoms with Crippen LogP contribution < -0.4 is 15.1 Å². The number of piperidine rings is 1. The largest absolute Gasteiger partial charge is 0.312 e. The lowest BCUT2D eigenvalue weighted by Gasteiger charge is -2.31. The van der Waals surface area contributed by atoms with Gasteiger partial charge in [-0.1, -0.05) is 24.6 Å². The van der Waals surface area contributed by atoms with E-state index in [1.807, 2.05) is 64.4 Å². The first kappa shape index (κ1) is 18.7. The van der Waals surface area contributed by atoms with Gasteiger partial charge in [0.15, 0.2) is 0 Å². The summed E-state index contributed by atoms with van der Waals surface area (Å²) in [4.78, 5) is 28.9.